The number of carbonyl (C=O) groups excluding carboxylic acids is 1. The third-order valence-electron chi connectivity index (χ3n) is 3.27. The summed E-state index contributed by atoms with van der Waals surface area (Å²) in [6.07, 6.45) is 0.519. The second-order valence-corrected chi connectivity index (χ2v) is 5.68. The van der Waals surface area contributed by atoms with Gasteiger partial charge in [0.15, 0.2) is 5.78 Å². The standard InChI is InChI=1S/C17H18BrNO/c1-13(14-7-9-16(18)10-8-14)19-12-11-17(20)15-5-3-2-4-6-15/h2-10,13,19H,11-12H2,1H3. The summed E-state index contributed by atoms with van der Waals surface area (Å²) in [7, 11) is 0. The van der Waals surface area contributed by atoms with Gasteiger partial charge in [0.05, 0.1) is 0 Å². The molecule has 1 N–H and O–H groups in total. The molecular weight excluding hydrogens is 314 g/mol. The van der Waals surface area contributed by atoms with E-state index in [-0.39, 0.29) is 11.8 Å². The van der Waals surface area contributed by atoms with Gasteiger partial charge in [-0.15, -0.1) is 0 Å². The molecule has 0 aliphatic rings. The first kappa shape index (κ1) is 14.9. The lowest BCUT2D eigenvalue weighted by atomic mass is 10.1. The van der Waals surface area contributed by atoms with Gasteiger partial charge in [0.2, 0.25) is 0 Å². The number of Topliss-reactive ketones (excluding diaryl/α,β-unsaturated/α-hetero) is 1. The minimum Gasteiger partial charge on any atom is -0.310 e. The Morgan fingerprint density at radius 3 is 2.40 bits per heavy atom. The maximum absolute atomic E-state index is 12.0. The number of benzene rings is 2. The lowest BCUT2D eigenvalue weighted by Gasteiger charge is -2.14. The molecule has 0 heterocycles. The van der Waals surface area contributed by atoms with Crippen LogP contribution in [0.5, 0.6) is 0 Å². The van der Waals surface area contributed by atoms with Crippen molar-refractivity contribution in [1.29, 1.82) is 0 Å². The van der Waals surface area contributed by atoms with Crippen molar-refractivity contribution in [3.05, 3.63) is 70.2 Å². The molecule has 3 heteroatoms. The van der Waals surface area contributed by atoms with Crippen molar-refractivity contribution in [3.8, 4) is 0 Å². The fourth-order valence-corrected chi connectivity index (χ4v) is 2.30. The van der Waals surface area contributed by atoms with Gasteiger partial charge >= 0.3 is 0 Å². The maximum Gasteiger partial charge on any atom is 0.164 e. The van der Waals surface area contributed by atoms with Crippen molar-refractivity contribution in [2.75, 3.05) is 6.54 Å². The van der Waals surface area contributed by atoms with Crippen LogP contribution in [0.4, 0.5) is 0 Å². The molecule has 2 aromatic rings. The zero-order valence-corrected chi connectivity index (χ0v) is 13.1. The lowest BCUT2D eigenvalue weighted by molar-refractivity contribution is 0.0982. The zero-order chi connectivity index (χ0) is 14.4. The first-order chi connectivity index (χ1) is 9.66. The monoisotopic (exact) mass is 331 g/mol. The van der Waals surface area contributed by atoms with Crippen LogP contribution in [-0.4, -0.2) is 12.3 Å². The number of hydrogen-bond donors (Lipinski definition) is 1. The Morgan fingerprint density at radius 1 is 1.10 bits per heavy atom. The Hall–Kier alpha value is -1.45. The highest BCUT2D eigenvalue weighted by Crippen LogP contribution is 2.16. The van der Waals surface area contributed by atoms with Crippen LogP contribution in [0.1, 0.15) is 35.3 Å². The molecule has 0 aliphatic heterocycles. The van der Waals surface area contributed by atoms with E-state index in [1.54, 1.807) is 0 Å². The molecule has 0 bridgehead atoms. The van der Waals surface area contributed by atoms with E-state index >= 15 is 0 Å². The molecule has 2 rings (SSSR count). The molecule has 104 valence electrons. The van der Waals surface area contributed by atoms with Crippen molar-refractivity contribution in [2.24, 2.45) is 0 Å². The summed E-state index contributed by atoms with van der Waals surface area (Å²) in [5.74, 6) is 0.182. The molecule has 0 saturated carbocycles. The smallest absolute Gasteiger partial charge is 0.164 e. The molecule has 2 nitrogen and oxygen atoms in total. The Morgan fingerprint density at radius 2 is 1.75 bits per heavy atom. The lowest BCUT2D eigenvalue weighted by Crippen LogP contribution is -2.22. The molecule has 1 atom stereocenters. The average molecular weight is 332 g/mol. The molecule has 0 spiro atoms. The zero-order valence-electron chi connectivity index (χ0n) is 11.5. The fraction of sp³-hybridized carbons (Fsp3) is 0.235. The van der Waals surface area contributed by atoms with E-state index in [9.17, 15) is 4.79 Å². The fourth-order valence-electron chi connectivity index (χ4n) is 2.04. The van der Waals surface area contributed by atoms with E-state index in [2.05, 4.69) is 40.3 Å². The van der Waals surface area contributed by atoms with Crippen molar-refractivity contribution < 1.29 is 4.79 Å². The number of ketones is 1. The van der Waals surface area contributed by atoms with Crippen molar-refractivity contribution >= 4 is 21.7 Å². The van der Waals surface area contributed by atoms with E-state index in [0.29, 0.717) is 13.0 Å². The molecule has 0 fully saturated rings. The quantitative estimate of drug-likeness (QED) is 0.796. The van der Waals surface area contributed by atoms with Gasteiger partial charge in [-0.2, -0.15) is 0 Å². The van der Waals surface area contributed by atoms with Gasteiger partial charge in [0.25, 0.3) is 0 Å². The molecule has 2 aromatic carbocycles. The number of carbonyl (C=O) groups is 1. The Kier molecular flexibility index (Phi) is 5.50. The summed E-state index contributed by atoms with van der Waals surface area (Å²) in [6, 6.07) is 17.9. The SMILES string of the molecule is CC(NCCC(=O)c1ccccc1)c1ccc(Br)cc1. The Labute approximate surface area is 128 Å². The predicted molar refractivity (Wildman–Crippen MR) is 85.9 cm³/mol. The largest absolute Gasteiger partial charge is 0.310 e. The number of halogens is 1. The van der Waals surface area contributed by atoms with Crippen molar-refractivity contribution in [1.82, 2.24) is 5.32 Å². The van der Waals surface area contributed by atoms with Crippen LogP contribution in [0.25, 0.3) is 0 Å². The maximum atomic E-state index is 12.0. The van der Waals surface area contributed by atoms with E-state index in [4.69, 9.17) is 0 Å². The van der Waals surface area contributed by atoms with Gasteiger partial charge in [0.1, 0.15) is 0 Å². The minimum absolute atomic E-state index is 0.182. The van der Waals surface area contributed by atoms with Crippen LogP contribution in [0, 0.1) is 0 Å². The number of rotatable bonds is 6. The highest BCUT2D eigenvalue weighted by atomic mass is 79.9. The summed E-state index contributed by atoms with van der Waals surface area (Å²) in [5, 5.41) is 3.38. The Balaban J connectivity index is 1.81. The predicted octanol–water partition coefficient (Wildman–Crippen LogP) is 4.37. The van der Waals surface area contributed by atoms with Crippen molar-refractivity contribution in [2.45, 2.75) is 19.4 Å². The van der Waals surface area contributed by atoms with E-state index in [1.807, 2.05) is 42.5 Å². The number of nitrogens with one attached hydrogen (secondary N) is 1. The Bertz CT molecular complexity index is 551. The van der Waals surface area contributed by atoms with Crippen LogP contribution in [-0.2, 0) is 0 Å². The molecule has 0 aromatic heterocycles. The first-order valence-corrected chi connectivity index (χ1v) is 7.53. The third-order valence-corrected chi connectivity index (χ3v) is 3.80. The molecule has 0 aliphatic carbocycles. The van der Waals surface area contributed by atoms with Crippen LogP contribution >= 0.6 is 15.9 Å². The molecular formula is C17H18BrNO. The van der Waals surface area contributed by atoms with Crippen LogP contribution < -0.4 is 5.32 Å². The second-order valence-electron chi connectivity index (χ2n) is 4.77. The normalized spacial score (nSPS) is 12.1. The van der Waals surface area contributed by atoms with E-state index in [1.165, 1.54) is 5.56 Å². The van der Waals surface area contributed by atoms with Gasteiger partial charge in [-0.1, -0.05) is 58.4 Å². The first-order valence-electron chi connectivity index (χ1n) is 6.74. The number of hydrogen-bond acceptors (Lipinski definition) is 2. The summed E-state index contributed by atoms with van der Waals surface area (Å²) in [6.45, 7) is 2.79. The second kappa shape index (κ2) is 7.36. The highest BCUT2D eigenvalue weighted by molar-refractivity contribution is 9.10. The average Bonchev–Trinajstić information content (AvgIpc) is 2.48. The molecule has 20 heavy (non-hydrogen) atoms. The molecule has 1 unspecified atom stereocenters. The van der Waals surface area contributed by atoms with Gasteiger partial charge in [-0.05, 0) is 24.6 Å². The highest BCUT2D eigenvalue weighted by Gasteiger charge is 2.07. The van der Waals surface area contributed by atoms with Crippen molar-refractivity contribution in [3.63, 3.8) is 0 Å². The molecule has 0 amide bonds. The van der Waals surface area contributed by atoms with Gasteiger partial charge in [0, 0.05) is 29.0 Å². The van der Waals surface area contributed by atoms with E-state index < -0.39 is 0 Å². The summed E-state index contributed by atoms with van der Waals surface area (Å²) in [4.78, 5) is 12.0. The minimum atomic E-state index is 0.182. The van der Waals surface area contributed by atoms with E-state index in [0.717, 1.165) is 10.0 Å². The van der Waals surface area contributed by atoms with Crippen LogP contribution in [0.2, 0.25) is 0 Å². The third kappa shape index (κ3) is 4.29. The molecule has 0 saturated heterocycles. The molecule has 0 radical (unpaired) electrons. The van der Waals surface area contributed by atoms with Crippen LogP contribution in [0.3, 0.4) is 0 Å². The van der Waals surface area contributed by atoms with Crippen LogP contribution in [0.15, 0.2) is 59.1 Å². The van der Waals surface area contributed by atoms with Gasteiger partial charge in [-0.3, -0.25) is 4.79 Å². The van der Waals surface area contributed by atoms with Gasteiger partial charge in [-0.25, -0.2) is 0 Å². The van der Waals surface area contributed by atoms with Gasteiger partial charge < -0.3 is 5.32 Å². The topological polar surface area (TPSA) is 29.1 Å². The summed E-state index contributed by atoms with van der Waals surface area (Å²) in [5.41, 5.74) is 2.01. The summed E-state index contributed by atoms with van der Waals surface area (Å²) < 4.78 is 1.08. The summed E-state index contributed by atoms with van der Waals surface area (Å²) >= 11 is 3.43.